The third kappa shape index (κ3) is 14.0. The van der Waals surface area contributed by atoms with Gasteiger partial charge in [-0.15, -0.1) is 0 Å². The number of carbonyl (C=O) groups excluding carboxylic acids is 2. The van der Waals surface area contributed by atoms with Crippen molar-refractivity contribution in [3.05, 3.63) is 35.4 Å². The standard InChI is InChI=1S/C30H50O6/c1-5-7-8-9-10-11-12-13-16-25(15-6-2)26-19-21-27(22-20-26)28(30(34)36-24(4)32)17-14-18-29(33)35-23(3)31/h19-25,28,31-32H,5-18H2,1-4H3. The van der Waals surface area contributed by atoms with Gasteiger partial charge >= 0.3 is 11.9 Å². The molecule has 36 heavy (non-hydrogen) atoms. The van der Waals surface area contributed by atoms with Crippen molar-refractivity contribution in [2.45, 2.75) is 142 Å². The normalized spacial score (nSPS) is 14.6. The zero-order valence-corrected chi connectivity index (χ0v) is 23.0. The van der Waals surface area contributed by atoms with Crippen molar-refractivity contribution in [2.75, 3.05) is 0 Å². The van der Waals surface area contributed by atoms with E-state index in [9.17, 15) is 19.8 Å². The molecule has 6 heteroatoms. The summed E-state index contributed by atoms with van der Waals surface area (Å²) in [6.45, 7) is 7.25. The third-order valence-electron chi connectivity index (χ3n) is 6.60. The van der Waals surface area contributed by atoms with Gasteiger partial charge in [0.1, 0.15) is 0 Å². The van der Waals surface area contributed by atoms with Crippen LogP contribution < -0.4 is 0 Å². The third-order valence-corrected chi connectivity index (χ3v) is 6.60. The van der Waals surface area contributed by atoms with Gasteiger partial charge in [0.25, 0.3) is 0 Å². The number of ether oxygens (including phenoxy) is 2. The van der Waals surface area contributed by atoms with Crippen molar-refractivity contribution in [3.63, 3.8) is 0 Å². The lowest BCUT2D eigenvalue weighted by atomic mass is 9.86. The fourth-order valence-corrected chi connectivity index (χ4v) is 4.72. The van der Waals surface area contributed by atoms with E-state index < -0.39 is 30.4 Å². The Morgan fingerprint density at radius 3 is 1.81 bits per heavy atom. The molecular weight excluding hydrogens is 456 g/mol. The maximum Gasteiger partial charge on any atom is 0.315 e. The van der Waals surface area contributed by atoms with Crippen molar-refractivity contribution in [3.8, 4) is 0 Å². The number of aliphatic hydroxyl groups excluding tert-OH is 2. The Hall–Kier alpha value is -1.92. The van der Waals surface area contributed by atoms with E-state index in [1.54, 1.807) is 0 Å². The van der Waals surface area contributed by atoms with E-state index in [0.29, 0.717) is 18.8 Å². The molecule has 2 N–H and O–H groups in total. The molecule has 0 aliphatic carbocycles. The number of unbranched alkanes of at least 4 members (excludes halogenated alkanes) is 7. The maximum absolute atomic E-state index is 12.7. The quantitative estimate of drug-likeness (QED) is 0.111. The number of benzene rings is 1. The van der Waals surface area contributed by atoms with E-state index in [0.717, 1.165) is 18.4 Å². The summed E-state index contributed by atoms with van der Waals surface area (Å²) < 4.78 is 9.83. The second-order valence-corrected chi connectivity index (χ2v) is 9.99. The van der Waals surface area contributed by atoms with Crippen LogP contribution >= 0.6 is 0 Å². The lowest BCUT2D eigenvalue weighted by molar-refractivity contribution is -0.168. The van der Waals surface area contributed by atoms with Crippen LogP contribution in [0.1, 0.15) is 141 Å². The number of esters is 2. The number of aliphatic hydroxyl groups is 2. The summed E-state index contributed by atoms with van der Waals surface area (Å²) in [6, 6.07) is 8.19. The van der Waals surface area contributed by atoms with Crippen molar-refractivity contribution in [2.24, 2.45) is 0 Å². The first-order valence-corrected chi connectivity index (χ1v) is 14.1. The van der Waals surface area contributed by atoms with Crippen LogP contribution in [-0.2, 0) is 19.1 Å². The Morgan fingerprint density at radius 1 is 0.694 bits per heavy atom. The van der Waals surface area contributed by atoms with E-state index in [2.05, 4.69) is 26.0 Å². The average Bonchev–Trinajstić information content (AvgIpc) is 2.82. The number of carbonyl (C=O) groups is 2. The summed E-state index contributed by atoms with van der Waals surface area (Å²) in [5.41, 5.74) is 2.11. The molecule has 206 valence electrons. The highest BCUT2D eigenvalue weighted by atomic mass is 16.6. The Bertz CT molecular complexity index is 713. The van der Waals surface area contributed by atoms with Crippen LogP contribution in [0.4, 0.5) is 0 Å². The van der Waals surface area contributed by atoms with Gasteiger partial charge in [-0.05, 0) is 56.6 Å². The molecule has 1 aromatic carbocycles. The predicted molar refractivity (Wildman–Crippen MR) is 143 cm³/mol. The van der Waals surface area contributed by atoms with Crippen LogP contribution in [0.2, 0.25) is 0 Å². The predicted octanol–water partition coefficient (Wildman–Crippen LogP) is 7.12. The summed E-state index contributed by atoms with van der Waals surface area (Å²) in [5, 5.41) is 18.7. The molecule has 4 atom stereocenters. The van der Waals surface area contributed by atoms with E-state index in [1.165, 1.54) is 77.2 Å². The van der Waals surface area contributed by atoms with Crippen molar-refractivity contribution < 1.29 is 29.3 Å². The minimum Gasteiger partial charge on any atom is -0.436 e. The highest BCUT2D eigenvalue weighted by Crippen LogP contribution is 2.31. The van der Waals surface area contributed by atoms with Crippen molar-refractivity contribution in [1.82, 2.24) is 0 Å². The fourth-order valence-electron chi connectivity index (χ4n) is 4.72. The minimum absolute atomic E-state index is 0.0959. The van der Waals surface area contributed by atoms with Gasteiger partial charge < -0.3 is 19.7 Å². The maximum atomic E-state index is 12.7. The molecule has 0 heterocycles. The lowest BCUT2D eigenvalue weighted by Crippen LogP contribution is -2.21. The van der Waals surface area contributed by atoms with Crippen LogP contribution in [-0.4, -0.2) is 34.7 Å². The largest absolute Gasteiger partial charge is 0.436 e. The van der Waals surface area contributed by atoms with E-state index in [1.807, 2.05) is 12.1 Å². The summed E-state index contributed by atoms with van der Waals surface area (Å²) in [6.07, 6.45) is 12.6. The second kappa shape index (κ2) is 19.2. The molecule has 0 radical (unpaired) electrons. The number of hydrogen-bond acceptors (Lipinski definition) is 6. The van der Waals surface area contributed by atoms with Gasteiger partial charge in [0.05, 0.1) is 5.92 Å². The minimum atomic E-state index is -1.19. The highest BCUT2D eigenvalue weighted by Gasteiger charge is 2.24. The Morgan fingerprint density at radius 2 is 1.25 bits per heavy atom. The first-order valence-electron chi connectivity index (χ1n) is 14.1. The Balaban J connectivity index is 2.73. The highest BCUT2D eigenvalue weighted by molar-refractivity contribution is 5.78. The molecule has 0 aromatic heterocycles. The molecule has 0 fully saturated rings. The average molecular weight is 507 g/mol. The first kappa shape index (κ1) is 32.1. The van der Waals surface area contributed by atoms with Gasteiger partial charge in [0, 0.05) is 6.42 Å². The van der Waals surface area contributed by atoms with Gasteiger partial charge in [0.15, 0.2) is 12.6 Å². The smallest absolute Gasteiger partial charge is 0.315 e. The molecule has 4 unspecified atom stereocenters. The summed E-state index contributed by atoms with van der Waals surface area (Å²) in [5.74, 6) is -1.08. The van der Waals surface area contributed by atoms with E-state index in [4.69, 9.17) is 9.47 Å². The summed E-state index contributed by atoms with van der Waals surface area (Å²) in [7, 11) is 0. The molecule has 0 aliphatic rings. The molecule has 1 rings (SSSR count). The SMILES string of the molecule is CCCCCCCCCCC(CCC)c1ccc(C(CCCC(=O)OC(C)O)C(=O)OC(C)O)cc1. The lowest BCUT2D eigenvalue weighted by Gasteiger charge is -2.20. The van der Waals surface area contributed by atoms with Crippen LogP contribution in [0, 0.1) is 0 Å². The van der Waals surface area contributed by atoms with Gasteiger partial charge in [-0.25, -0.2) is 0 Å². The van der Waals surface area contributed by atoms with Crippen molar-refractivity contribution in [1.29, 1.82) is 0 Å². The van der Waals surface area contributed by atoms with E-state index >= 15 is 0 Å². The van der Waals surface area contributed by atoms with Gasteiger partial charge in [-0.1, -0.05) is 95.9 Å². The van der Waals surface area contributed by atoms with E-state index in [-0.39, 0.29) is 6.42 Å². The fraction of sp³-hybridized carbons (Fsp3) is 0.733. The number of hydrogen-bond donors (Lipinski definition) is 2. The molecule has 0 aliphatic heterocycles. The molecule has 0 bridgehead atoms. The molecule has 6 nitrogen and oxygen atoms in total. The molecule has 0 saturated carbocycles. The van der Waals surface area contributed by atoms with Crippen LogP contribution in [0.3, 0.4) is 0 Å². The van der Waals surface area contributed by atoms with Gasteiger partial charge in [0.2, 0.25) is 0 Å². The van der Waals surface area contributed by atoms with Crippen molar-refractivity contribution >= 4 is 11.9 Å². The second-order valence-electron chi connectivity index (χ2n) is 9.99. The zero-order valence-electron chi connectivity index (χ0n) is 23.0. The molecule has 1 aromatic rings. The van der Waals surface area contributed by atoms with Crippen LogP contribution in [0.5, 0.6) is 0 Å². The molecule has 0 saturated heterocycles. The zero-order chi connectivity index (χ0) is 26.8. The van der Waals surface area contributed by atoms with Crippen LogP contribution in [0.15, 0.2) is 24.3 Å². The number of rotatable bonds is 20. The van der Waals surface area contributed by atoms with Gasteiger partial charge in [-0.3, -0.25) is 9.59 Å². The molecule has 0 amide bonds. The molecule has 0 spiro atoms. The van der Waals surface area contributed by atoms with Gasteiger partial charge in [-0.2, -0.15) is 0 Å². The summed E-state index contributed by atoms with van der Waals surface area (Å²) in [4.78, 5) is 24.4. The first-order chi connectivity index (χ1) is 17.3. The summed E-state index contributed by atoms with van der Waals surface area (Å²) >= 11 is 0. The topological polar surface area (TPSA) is 93.1 Å². The monoisotopic (exact) mass is 506 g/mol. The molecular formula is C30H50O6. The van der Waals surface area contributed by atoms with Crippen LogP contribution in [0.25, 0.3) is 0 Å². The Kier molecular flexibility index (Phi) is 17.1. The Labute approximate surface area is 218 Å².